The van der Waals surface area contributed by atoms with Crippen molar-refractivity contribution in [2.45, 2.75) is 25.4 Å². The van der Waals surface area contributed by atoms with Crippen LogP contribution in [0.5, 0.6) is 0 Å². The maximum absolute atomic E-state index is 9.11. The summed E-state index contributed by atoms with van der Waals surface area (Å²) in [5.74, 6) is 0. The molecule has 2 N–H and O–H groups in total. The molecule has 0 aromatic heterocycles. The van der Waals surface area contributed by atoms with Gasteiger partial charge in [0.05, 0.1) is 13.2 Å². The van der Waals surface area contributed by atoms with E-state index in [-0.39, 0.29) is 6.61 Å². The van der Waals surface area contributed by atoms with Crippen LogP contribution < -0.4 is 10.2 Å². The average molecular weight is 264 g/mol. The van der Waals surface area contributed by atoms with Gasteiger partial charge in [0.25, 0.3) is 0 Å². The molecular weight excluding hydrogens is 240 g/mol. The number of anilines is 1. The summed E-state index contributed by atoms with van der Waals surface area (Å²) in [7, 11) is 1.70. The highest BCUT2D eigenvalue weighted by Gasteiger charge is 2.19. The van der Waals surface area contributed by atoms with E-state index in [1.807, 2.05) is 0 Å². The van der Waals surface area contributed by atoms with Crippen LogP contribution in [0.1, 0.15) is 18.4 Å². The summed E-state index contributed by atoms with van der Waals surface area (Å²) in [6.45, 7) is 3.22. The number of methoxy groups -OCH3 is 1. The van der Waals surface area contributed by atoms with Crippen molar-refractivity contribution in [2.75, 3.05) is 38.3 Å². The molecular formula is C15H24N2O2. The van der Waals surface area contributed by atoms with Crippen molar-refractivity contribution in [1.82, 2.24) is 5.32 Å². The molecule has 4 heteroatoms. The van der Waals surface area contributed by atoms with Crippen molar-refractivity contribution in [3.63, 3.8) is 0 Å². The SMILES string of the molecule is COCCN(CCO)c1ccc(CNC2CC2)cc1. The van der Waals surface area contributed by atoms with E-state index in [4.69, 9.17) is 9.84 Å². The molecule has 0 radical (unpaired) electrons. The second kappa shape index (κ2) is 7.48. The predicted octanol–water partition coefficient (Wildman–Crippen LogP) is 1.38. The largest absolute Gasteiger partial charge is 0.395 e. The molecule has 2 rings (SSSR count). The second-order valence-electron chi connectivity index (χ2n) is 5.03. The van der Waals surface area contributed by atoms with E-state index in [1.54, 1.807) is 7.11 Å². The number of aliphatic hydroxyl groups excluding tert-OH is 1. The van der Waals surface area contributed by atoms with E-state index in [0.29, 0.717) is 13.2 Å². The van der Waals surface area contributed by atoms with Crippen LogP contribution in [0, 0.1) is 0 Å². The van der Waals surface area contributed by atoms with Crippen molar-refractivity contribution < 1.29 is 9.84 Å². The Kier molecular flexibility index (Phi) is 5.63. The lowest BCUT2D eigenvalue weighted by Gasteiger charge is -2.23. The monoisotopic (exact) mass is 264 g/mol. The molecule has 1 aliphatic carbocycles. The minimum atomic E-state index is 0.161. The van der Waals surface area contributed by atoms with E-state index < -0.39 is 0 Å². The van der Waals surface area contributed by atoms with Crippen LogP contribution in [-0.2, 0) is 11.3 Å². The number of aliphatic hydroxyl groups is 1. The van der Waals surface area contributed by atoms with E-state index in [0.717, 1.165) is 24.8 Å². The Morgan fingerprint density at radius 2 is 2.00 bits per heavy atom. The maximum atomic E-state index is 9.11. The standard InChI is InChI=1S/C15H24N2O2/c1-19-11-9-17(8-10-18)15-6-2-13(3-7-15)12-16-14-4-5-14/h2-3,6-7,14,16,18H,4-5,8-12H2,1H3. The first-order chi connectivity index (χ1) is 9.33. The topological polar surface area (TPSA) is 44.7 Å². The van der Waals surface area contributed by atoms with E-state index in [1.165, 1.54) is 18.4 Å². The number of ether oxygens (including phenoxy) is 1. The van der Waals surface area contributed by atoms with Gasteiger partial charge >= 0.3 is 0 Å². The minimum absolute atomic E-state index is 0.161. The first-order valence-electron chi connectivity index (χ1n) is 7.00. The highest BCUT2D eigenvalue weighted by atomic mass is 16.5. The summed E-state index contributed by atoms with van der Waals surface area (Å²) in [5.41, 5.74) is 2.45. The third-order valence-corrected chi connectivity index (χ3v) is 3.41. The van der Waals surface area contributed by atoms with Gasteiger partial charge in [-0.25, -0.2) is 0 Å². The van der Waals surface area contributed by atoms with E-state index >= 15 is 0 Å². The fourth-order valence-electron chi connectivity index (χ4n) is 2.07. The molecule has 0 amide bonds. The molecule has 0 atom stereocenters. The van der Waals surface area contributed by atoms with Crippen LogP contribution in [0.25, 0.3) is 0 Å². The quantitative estimate of drug-likeness (QED) is 0.707. The summed E-state index contributed by atoms with van der Waals surface area (Å²) < 4.78 is 5.10. The van der Waals surface area contributed by atoms with Crippen LogP contribution in [-0.4, -0.2) is 44.6 Å². The average Bonchev–Trinajstić information content (AvgIpc) is 3.26. The number of rotatable bonds is 9. The van der Waals surface area contributed by atoms with Crippen molar-refractivity contribution in [3.05, 3.63) is 29.8 Å². The molecule has 0 unspecified atom stereocenters. The fourth-order valence-corrected chi connectivity index (χ4v) is 2.07. The maximum Gasteiger partial charge on any atom is 0.0637 e. The normalized spacial score (nSPS) is 14.6. The molecule has 1 aromatic rings. The first-order valence-corrected chi connectivity index (χ1v) is 7.00. The summed E-state index contributed by atoms with van der Waals surface area (Å²) in [4.78, 5) is 2.14. The van der Waals surface area contributed by atoms with Gasteiger partial charge in [0.2, 0.25) is 0 Å². The van der Waals surface area contributed by atoms with Gasteiger partial charge in [-0.15, -0.1) is 0 Å². The molecule has 1 fully saturated rings. The lowest BCUT2D eigenvalue weighted by Crippen LogP contribution is -2.30. The van der Waals surface area contributed by atoms with Gasteiger partial charge in [0.15, 0.2) is 0 Å². The zero-order valence-electron chi connectivity index (χ0n) is 11.6. The molecule has 0 heterocycles. The zero-order chi connectivity index (χ0) is 13.5. The Bertz CT molecular complexity index is 363. The Morgan fingerprint density at radius 3 is 2.58 bits per heavy atom. The Labute approximate surface area is 115 Å². The molecule has 1 saturated carbocycles. The summed E-state index contributed by atoms with van der Waals surface area (Å²) in [5, 5.41) is 12.6. The summed E-state index contributed by atoms with van der Waals surface area (Å²) in [6.07, 6.45) is 2.64. The van der Waals surface area contributed by atoms with Gasteiger partial charge < -0.3 is 20.1 Å². The van der Waals surface area contributed by atoms with Gasteiger partial charge in [-0.2, -0.15) is 0 Å². The van der Waals surface area contributed by atoms with Crippen molar-refractivity contribution >= 4 is 5.69 Å². The lowest BCUT2D eigenvalue weighted by atomic mass is 10.2. The number of hydrogen-bond donors (Lipinski definition) is 2. The smallest absolute Gasteiger partial charge is 0.0637 e. The number of hydrogen-bond acceptors (Lipinski definition) is 4. The van der Waals surface area contributed by atoms with E-state index in [2.05, 4.69) is 34.5 Å². The highest BCUT2D eigenvalue weighted by molar-refractivity contribution is 5.47. The summed E-state index contributed by atoms with van der Waals surface area (Å²) >= 11 is 0. The van der Waals surface area contributed by atoms with Crippen molar-refractivity contribution in [3.8, 4) is 0 Å². The first kappa shape index (κ1) is 14.3. The van der Waals surface area contributed by atoms with Gasteiger partial charge in [-0.1, -0.05) is 12.1 Å². The lowest BCUT2D eigenvalue weighted by molar-refractivity contribution is 0.203. The van der Waals surface area contributed by atoms with Gasteiger partial charge in [0.1, 0.15) is 0 Å². The highest BCUT2D eigenvalue weighted by Crippen LogP contribution is 2.20. The van der Waals surface area contributed by atoms with Gasteiger partial charge in [0, 0.05) is 38.5 Å². The second-order valence-corrected chi connectivity index (χ2v) is 5.03. The van der Waals surface area contributed by atoms with Crippen molar-refractivity contribution in [1.29, 1.82) is 0 Å². The molecule has 0 aliphatic heterocycles. The van der Waals surface area contributed by atoms with E-state index in [9.17, 15) is 0 Å². The Hall–Kier alpha value is -1.10. The molecule has 19 heavy (non-hydrogen) atoms. The number of benzene rings is 1. The third kappa shape index (κ3) is 4.82. The van der Waals surface area contributed by atoms with Crippen LogP contribution in [0.15, 0.2) is 24.3 Å². The predicted molar refractivity (Wildman–Crippen MR) is 77.5 cm³/mol. The van der Waals surface area contributed by atoms with Gasteiger partial charge in [-0.3, -0.25) is 0 Å². The fraction of sp³-hybridized carbons (Fsp3) is 0.600. The molecule has 0 bridgehead atoms. The third-order valence-electron chi connectivity index (χ3n) is 3.41. The Morgan fingerprint density at radius 1 is 1.26 bits per heavy atom. The molecule has 0 saturated heterocycles. The number of nitrogens with one attached hydrogen (secondary N) is 1. The molecule has 106 valence electrons. The molecule has 1 aromatic carbocycles. The van der Waals surface area contributed by atoms with Gasteiger partial charge in [-0.05, 0) is 30.5 Å². The Balaban J connectivity index is 1.89. The molecule has 4 nitrogen and oxygen atoms in total. The molecule has 1 aliphatic rings. The van der Waals surface area contributed by atoms with Crippen LogP contribution in [0.4, 0.5) is 5.69 Å². The van der Waals surface area contributed by atoms with Crippen LogP contribution >= 0.6 is 0 Å². The van der Waals surface area contributed by atoms with Crippen molar-refractivity contribution in [2.24, 2.45) is 0 Å². The van der Waals surface area contributed by atoms with Crippen LogP contribution in [0.2, 0.25) is 0 Å². The minimum Gasteiger partial charge on any atom is -0.395 e. The number of nitrogens with zero attached hydrogens (tertiary/aromatic N) is 1. The zero-order valence-corrected chi connectivity index (χ0v) is 11.6. The molecule has 0 spiro atoms. The van der Waals surface area contributed by atoms with Crippen LogP contribution in [0.3, 0.4) is 0 Å². The summed E-state index contributed by atoms with van der Waals surface area (Å²) in [6, 6.07) is 9.29.